The van der Waals surface area contributed by atoms with Crippen LogP contribution in [0, 0.1) is 0 Å². The van der Waals surface area contributed by atoms with Crippen LogP contribution in [0.4, 0.5) is 0 Å². The normalized spacial score (nSPS) is 16.8. The standard InChI is InChI=1S/C14H32N2O2/c1-12(15-4)10-14(3)18-9-7-8-17-11-13(2)16(5)6/h12-15H,7-11H2,1-6H3. The SMILES string of the molecule is CNC(C)CC(C)OCCCOCC(C)N(C)C. The third-order valence-electron chi connectivity index (χ3n) is 3.25. The molecule has 0 rings (SSSR count). The molecule has 4 heteroatoms. The van der Waals surface area contributed by atoms with Gasteiger partial charge in [-0.25, -0.2) is 0 Å². The predicted molar refractivity (Wildman–Crippen MR) is 77.1 cm³/mol. The number of nitrogens with one attached hydrogen (secondary N) is 1. The molecule has 0 bridgehead atoms. The van der Waals surface area contributed by atoms with Crippen molar-refractivity contribution in [2.45, 2.75) is 51.8 Å². The van der Waals surface area contributed by atoms with Crippen LogP contribution in [0.25, 0.3) is 0 Å². The molecule has 3 unspecified atom stereocenters. The van der Waals surface area contributed by atoms with Gasteiger partial charge in [0.2, 0.25) is 0 Å². The van der Waals surface area contributed by atoms with Crippen LogP contribution < -0.4 is 5.32 Å². The Morgan fingerprint density at radius 3 is 2.33 bits per heavy atom. The molecule has 0 spiro atoms. The van der Waals surface area contributed by atoms with E-state index < -0.39 is 0 Å². The van der Waals surface area contributed by atoms with E-state index in [0.717, 1.165) is 32.7 Å². The first-order chi connectivity index (χ1) is 8.47. The zero-order valence-corrected chi connectivity index (χ0v) is 13.0. The van der Waals surface area contributed by atoms with Gasteiger partial charge in [0, 0.05) is 25.3 Å². The third kappa shape index (κ3) is 9.83. The van der Waals surface area contributed by atoms with E-state index in [0.29, 0.717) is 18.2 Å². The Hall–Kier alpha value is -0.160. The van der Waals surface area contributed by atoms with Gasteiger partial charge in [-0.05, 0) is 54.8 Å². The lowest BCUT2D eigenvalue weighted by Crippen LogP contribution is -2.29. The van der Waals surface area contributed by atoms with Crippen molar-refractivity contribution in [3.05, 3.63) is 0 Å². The van der Waals surface area contributed by atoms with Crippen LogP contribution in [0.1, 0.15) is 33.6 Å². The second kappa shape index (κ2) is 10.7. The van der Waals surface area contributed by atoms with E-state index in [4.69, 9.17) is 9.47 Å². The molecule has 0 aromatic heterocycles. The second-order valence-electron chi connectivity index (χ2n) is 5.35. The lowest BCUT2D eigenvalue weighted by Gasteiger charge is -2.20. The van der Waals surface area contributed by atoms with Crippen molar-refractivity contribution in [2.75, 3.05) is 41.0 Å². The van der Waals surface area contributed by atoms with Crippen molar-refractivity contribution in [3.63, 3.8) is 0 Å². The minimum atomic E-state index is 0.313. The summed E-state index contributed by atoms with van der Waals surface area (Å²) in [6.45, 7) is 8.83. The monoisotopic (exact) mass is 260 g/mol. The first kappa shape index (κ1) is 17.8. The van der Waals surface area contributed by atoms with E-state index in [1.807, 2.05) is 7.05 Å². The predicted octanol–water partition coefficient (Wildman–Crippen LogP) is 1.75. The molecule has 0 aliphatic carbocycles. The third-order valence-corrected chi connectivity index (χ3v) is 3.25. The topological polar surface area (TPSA) is 33.7 Å². The summed E-state index contributed by atoms with van der Waals surface area (Å²) in [7, 11) is 6.13. The maximum atomic E-state index is 5.74. The van der Waals surface area contributed by atoms with Gasteiger partial charge in [0.25, 0.3) is 0 Å². The molecule has 18 heavy (non-hydrogen) atoms. The molecule has 0 saturated heterocycles. The Kier molecular flexibility index (Phi) is 10.6. The molecule has 0 fully saturated rings. The van der Waals surface area contributed by atoms with Gasteiger partial charge in [0.1, 0.15) is 0 Å². The summed E-state index contributed by atoms with van der Waals surface area (Å²) >= 11 is 0. The van der Waals surface area contributed by atoms with Gasteiger partial charge >= 0.3 is 0 Å². The van der Waals surface area contributed by atoms with Crippen molar-refractivity contribution >= 4 is 0 Å². The highest BCUT2D eigenvalue weighted by Crippen LogP contribution is 2.02. The lowest BCUT2D eigenvalue weighted by atomic mass is 10.1. The highest BCUT2D eigenvalue weighted by Gasteiger charge is 2.07. The van der Waals surface area contributed by atoms with Crippen molar-refractivity contribution in [3.8, 4) is 0 Å². The van der Waals surface area contributed by atoms with Crippen LogP contribution in [0.3, 0.4) is 0 Å². The molecule has 0 aromatic rings. The summed E-state index contributed by atoms with van der Waals surface area (Å²) in [5.41, 5.74) is 0. The Morgan fingerprint density at radius 1 is 1.11 bits per heavy atom. The average molecular weight is 260 g/mol. The maximum absolute atomic E-state index is 5.74. The van der Waals surface area contributed by atoms with Gasteiger partial charge in [0.05, 0.1) is 12.7 Å². The smallest absolute Gasteiger partial charge is 0.0618 e. The van der Waals surface area contributed by atoms with E-state index >= 15 is 0 Å². The van der Waals surface area contributed by atoms with Gasteiger partial charge in [-0.2, -0.15) is 0 Å². The molecular formula is C14H32N2O2. The van der Waals surface area contributed by atoms with Crippen LogP contribution in [-0.2, 0) is 9.47 Å². The van der Waals surface area contributed by atoms with E-state index in [2.05, 4.69) is 45.1 Å². The van der Waals surface area contributed by atoms with E-state index in [9.17, 15) is 0 Å². The Bertz CT molecular complexity index is 189. The summed E-state index contributed by atoms with van der Waals surface area (Å²) in [5.74, 6) is 0. The van der Waals surface area contributed by atoms with Crippen molar-refractivity contribution in [1.82, 2.24) is 10.2 Å². The molecule has 110 valence electrons. The Morgan fingerprint density at radius 2 is 1.78 bits per heavy atom. The number of rotatable bonds is 11. The molecule has 1 N–H and O–H groups in total. The Labute approximate surface area is 113 Å². The molecule has 0 aliphatic rings. The fourth-order valence-electron chi connectivity index (χ4n) is 1.53. The number of hydrogen-bond acceptors (Lipinski definition) is 4. The number of likely N-dealkylation sites (N-methyl/N-ethyl adjacent to an activating group) is 1. The molecule has 0 amide bonds. The largest absolute Gasteiger partial charge is 0.380 e. The van der Waals surface area contributed by atoms with E-state index in [1.165, 1.54) is 0 Å². The molecule has 3 atom stereocenters. The van der Waals surface area contributed by atoms with Crippen molar-refractivity contribution in [2.24, 2.45) is 0 Å². The minimum Gasteiger partial charge on any atom is -0.380 e. The zero-order chi connectivity index (χ0) is 14.0. The van der Waals surface area contributed by atoms with Gasteiger partial charge < -0.3 is 19.7 Å². The summed E-state index contributed by atoms with van der Waals surface area (Å²) in [6, 6.07) is 0.985. The number of ether oxygens (including phenoxy) is 2. The van der Waals surface area contributed by atoms with Crippen LogP contribution in [0.15, 0.2) is 0 Å². The van der Waals surface area contributed by atoms with Crippen LogP contribution in [0.2, 0.25) is 0 Å². The first-order valence-electron chi connectivity index (χ1n) is 7.00. The molecule has 4 nitrogen and oxygen atoms in total. The fourth-order valence-corrected chi connectivity index (χ4v) is 1.53. The van der Waals surface area contributed by atoms with Gasteiger partial charge in [0.15, 0.2) is 0 Å². The van der Waals surface area contributed by atoms with Crippen LogP contribution >= 0.6 is 0 Å². The molecule has 0 radical (unpaired) electrons. The molecule has 0 aliphatic heterocycles. The molecule has 0 aromatic carbocycles. The second-order valence-corrected chi connectivity index (χ2v) is 5.35. The van der Waals surface area contributed by atoms with Crippen LogP contribution in [0.5, 0.6) is 0 Å². The number of nitrogens with zero attached hydrogens (tertiary/aromatic N) is 1. The van der Waals surface area contributed by atoms with Gasteiger partial charge in [-0.3, -0.25) is 0 Å². The van der Waals surface area contributed by atoms with Crippen LogP contribution in [-0.4, -0.2) is 64.1 Å². The molecule has 0 saturated carbocycles. The zero-order valence-electron chi connectivity index (χ0n) is 13.0. The molecule has 0 heterocycles. The average Bonchev–Trinajstić information content (AvgIpc) is 2.32. The summed E-state index contributed by atoms with van der Waals surface area (Å²) in [6.07, 6.45) is 2.33. The minimum absolute atomic E-state index is 0.313. The summed E-state index contributed by atoms with van der Waals surface area (Å²) in [5, 5.41) is 3.22. The molecular weight excluding hydrogens is 228 g/mol. The maximum Gasteiger partial charge on any atom is 0.0618 e. The first-order valence-corrected chi connectivity index (χ1v) is 7.00. The summed E-state index contributed by atoms with van der Waals surface area (Å²) < 4.78 is 11.3. The van der Waals surface area contributed by atoms with E-state index in [1.54, 1.807) is 0 Å². The highest BCUT2D eigenvalue weighted by atomic mass is 16.5. The number of hydrogen-bond donors (Lipinski definition) is 1. The van der Waals surface area contributed by atoms with E-state index in [-0.39, 0.29) is 0 Å². The van der Waals surface area contributed by atoms with Gasteiger partial charge in [-0.15, -0.1) is 0 Å². The van der Waals surface area contributed by atoms with Crippen molar-refractivity contribution < 1.29 is 9.47 Å². The lowest BCUT2D eigenvalue weighted by molar-refractivity contribution is 0.0271. The summed E-state index contributed by atoms with van der Waals surface area (Å²) in [4.78, 5) is 2.16. The quantitative estimate of drug-likeness (QED) is 0.574. The highest BCUT2D eigenvalue weighted by molar-refractivity contribution is 4.62. The fraction of sp³-hybridized carbons (Fsp3) is 1.00. The van der Waals surface area contributed by atoms with Crippen molar-refractivity contribution in [1.29, 1.82) is 0 Å². The van der Waals surface area contributed by atoms with Gasteiger partial charge in [-0.1, -0.05) is 0 Å². The Balaban J connectivity index is 3.35.